The molecule has 0 saturated heterocycles. The third kappa shape index (κ3) is 1.84. The lowest BCUT2D eigenvalue weighted by molar-refractivity contribution is 0.0603. The Labute approximate surface area is 114 Å². The number of carbonyl (C=O) groups excluding carboxylic acids is 1. The number of nitrogens with zero attached hydrogens (tertiary/aromatic N) is 2. The standard InChI is InChI=1S/C12H12ClN3O3/c1-4-5(2)10(17)8(13)6-7(12(18)19-3)11(14)16-15-9(4)6/h17H,1-3H3,(H2,14,16). The van der Waals surface area contributed by atoms with Crippen molar-refractivity contribution in [3.05, 3.63) is 21.7 Å². The predicted octanol–water partition coefficient (Wildman–Crippen LogP) is 1.97. The molecular weight excluding hydrogens is 270 g/mol. The summed E-state index contributed by atoms with van der Waals surface area (Å²) < 4.78 is 4.66. The van der Waals surface area contributed by atoms with Crippen LogP contribution in [0.5, 0.6) is 5.75 Å². The summed E-state index contributed by atoms with van der Waals surface area (Å²) in [5, 5.41) is 17.9. The highest BCUT2D eigenvalue weighted by molar-refractivity contribution is 6.38. The summed E-state index contributed by atoms with van der Waals surface area (Å²) in [5.41, 5.74) is 7.33. The van der Waals surface area contributed by atoms with E-state index in [1.54, 1.807) is 13.8 Å². The number of nitrogen functional groups attached to an aromatic ring is 1. The summed E-state index contributed by atoms with van der Waals surface area (Å²) in [4.78, 5) is 11.8. The van der Waals surface area contributed by atoms with Crippen molar-refractivity contribution in [2.45, 2.75) is 13.8 Å². The predicted molar refractivity (Wildman–Crippen MR) is 71.4 cm³/mol. The van der Waals surface area contributed by atoms with E-state index >= 15 is 0 Å². The van der Waals surface area contributed by atoms with Crippen LogP contribution in [0.15, 0.2) is 0 Å². The highest BCUT2D eigenvalue weighted by Crippen LogP contribution is 2.39. The van der Waals surface area contributed by atoms with Crippen molar-refractivity contribution >= 4 is 34.3 Å². The molecular formula is C12H12ClN3O3. The SMILES string of the molecule is COC(=O)c1c(N)nnc2c(C)c(C)c(O)c(Cl)c12. The summed E-state index contributed by atoms with van der Waals surface area (Å²) in [6, 6.07) is 0. The molecule has 0 aliphatic carbocycles. The maximum Gasteiger partial charge on any atom is 0.342 e. The van der Waals surface area contributed by atoms with E-state index in [0.717, 1.165) is 0 Å². The zero-order valence-electron chi connectivity index (χ0n) is 10.6. The number of hydrogen-bond donors (Lipinski definition) is 2. The van der Waals surface area contributed by atoms with Gasteiger partial charge in [-0.15, -0.1) is 10.2 Å². The molecule has 0 aliphatic rings. The second-order valence-corrected chi connectivity index (χ2v) is 4.47. The number of anilines is 1. The Balaban J connectivity index is 3.05. The number of aromatic hydroxyl groups is 1. The molecule has 7 heteroatoms. The average Bonchev–Trinajstić information content (AvgIpc) is 2.41. The van der Waals surface area contributed by atoms with Crippen LogP contribution in [0, 0.1) is 13.8 Å². The van der Waals surface area contributed by atoms with Gasteiger partial charge in [-0.25, -0.2) is 4.79 Å². The molecule has 100 valence electrons. The van der Waals surface area contributed by atoms with Crippen molar-refractivity contribution in [3.8, 4) is 5.75 Å². The number of ether oxygens (including phenoxy) is 1. The fourth-order valence-electron chi connectivity index (χ4n) is 1.87. The van der Waals surface area contributed by atoms with Crippen molar-refractivity contribution in [1.82, 2.24) is 10.2 Å². The Bertz CT molecular complexity index is 701. The van der Waals surface area contributed by atoms with Crippen LogP contribution in [-0.4, -0.2) is 28.4 Å². The Hall–Kier alpha value is -2.08. The molecule has 0 aliphatic heterocycles. The first kappa shape index (κ1) is 13.4. The number of esters is 1. The van der Waals surface area contributed by atoms with Crippen LogP contribution in [0.3, 0.4) is 0 Å². The molecule has 0 radical (unpaired) electrons. The largest absolute Gasteiger partial charge is 0.506 e. The Morgan fingerprint density at radius 3 is 2.53 bits per heavy atom. The van der Waals surface area contributed by atoms with Crippen LogP contribution in [0.25, 0.3) is 10.9 Å². The average molecular weight is 282 g/mol. The van der Waals surface area contributed by atoms with Crippen LogP contribution >= 0.6 is 11.6 Å². The lowest BCUT2D eigenvalue weighted by Gasteiger charge is -2.13. The van der Waals surface area contributed by atoms with E-state index in [2.05, 4.69) is 14.9 Å². The first-order chi connectivity index (χ1) is 8.90. The summed E-state index contributed by atoms with van der Waals surface area (Å²) in [6.07, 6.45) is 0. The summed E-state index contributed by atoms with van der Waals surface area (Å²) in [5.74, 6) is -0.880. The molecule has 3 N–H and O–H groups in total. The van der Waals surface area contributed by atoms with Crippen LogP contribution < -0.4 is 5.73 Å². The molecule has 6 nitrogen and oxygen atoms in total. The fraction of sp³-hybridized carbons (Fsp3) is 0.250. The van der Waals surface area contributed by atoms with E-state index in [1.165, 1.54) is 7.11 Å². The lowest BCUT2D eigenvalue weighted by Crippen LogP contribution is -2.10. The molecule has 0 spiro atoms. The normalized spacial score (nSPS) is 10.7. The molecule has 0 bridgehead atoms. The molecule has 19 heavy (non-hydrogen) atoms. The summed E-state index contributed by atoms with van der Waals surface area (Å²) in [6.45, 7) is 3.45. The van der Waals surface area contributed by atoms with E-state index in [0.29, 0.717) is 16.6 Å². The number of benzene rings is 1. The monoisotopic (exact) mass is 281 g/mol. The van der Waals surface area contributed by atoms with E-state index < -0.39 is 5.97 Å². The number of carbonyl (C=O) groups is 1. The number of phenolic OH excluding ortho intramolecular Hbond substituents is 1. The third-order valence-electron chi connectivity index (χ3n) is 3.09. The fourth-order valence-corrected chi connectivity index (χ4v) is 2.20. The number of rotatable bonds is 1. The maximum atomic E-state index is 11.8. The van der Waals surface area contributed by atoms with Crippen molar-refractivity contribution < 1.29 is 14.6 Å². The van der Waals surface area contributed by atoms with Gasteiger partial charge in [0.1, 0.15) is 11.3 Å². The highest BCUT2D eigenvalue weighted by Gasteiger charge is 2.23. The minimum Gasteiger partial charge on any atom is -0.506 e. The van der Waals surface area contributed by atoms with Crippen molar-refractivity contribution in [2.24, 2.45) is 0 Å². The van der Waals surface area contributed by atoms with Gasteiger partial charge in [-0.3, -0.25) is 0 Å². The molecule has 1 aromatic heterocycles. The zero-order chi connectivity index (χ0) is 14.3. The molecule has 0 saturated carbocycles. The molecule has 2 rings (SSSR count). The van der Waals surface area contributed by atoms with Crippen LogP contribution in [0.4, 0.5) is 5.82 Å². The van der Waals surface area contributed by atoms with Gasteiger partial charge in [0.2, 0.25) is 0 Å². The zero-order valence-corrected chi connectivity index (χ0v) is 11.4. The number of phenols is 1. The third-order valence-corrected chi connectivity index (χ3v) is 3.46. The van der Waals surface area contributed by atoms with Gasteiger partial charge in [-0.1, -0.05) is 11.6 Å². The van der Waals surface area contributed by atoms with Gasteiger partial charge in [0.25, 0.3) is 0 Å². The van der Waals surface area contributed by atoms with Crippen molar-refractivity contribution in [2.75, 3.05) is 12.8 Å². The van der Waals surface area contributed by atoms with E-state index in [-0.39, 0.29) is 27.5 Å². The molecule has 0 unspecified atom stereocenters. The van der Waals surface area contributed by atoms with Gasteiger partial charge in [0, 0.05) is 5.39 Å². The van der Waals surface area contributed by atoms with Gasteiger partial charge in [-0.2, -0.15) is 0 Å². The molecule has 0 atom stereocenters. The minimum absolute atomic E-state index is 0.0101. The summed E-state index contributed by atoms with van der Waals surface area (Å²) in [7, 11) is 1.23. The number of aryl methyl sites for hydroxylation is 1. The van der Waals surface area contributed by atoms with Crippen molar-refractivity contribution in [1.29, 1.82) is 0 Å². The number of halogens is 1. The first-order valence-electron chi connectivity index (χ1n) is 5.41. The Kier molecular flexibility index (Phi) is 3.20. The lowest BCUT2D eigenvalue weighted by atomic mass is 10.0. The van der Waals surface area contributed by atoms with E-state index in [4.69, 9.17) is 17.3 Å². The van der Waals surface area contributed by atoms with E-state index in [9.17, 15) is 9.90 Å². The van der Waals surface area contributed by atoms with Crippen molar-refractivity contribution in [3.63, 3.8) is 0 Å². The Morgan fingerprint density at radius 1 is 1.32 bits per heavy atom. The quantitative estimate of drug-likeness (QED) is 0.776. The van der Waals surface area contributed by atoms with Crippen LogP contribution in [0.2, 0.25) is 5.02 Å². The first-order valence-corrected chi connectivity index (χ1v) is 5.79. The minimum atomic E-state index is -0.679. The van der Waals surface area contributed by atoms with Gasteiger partial charge < -0.3 is 15.6 Å². The number of methoxy groups -OCH3 is 1. The van der Waals surface area contributed by atoms with Crippen LogP contribution in [-0.2, 0) is 4.74 Å². The van der Waals surface area contributed by atoms with Crippen LogP contribution in [0.1, 0.15) is 21.5 Å². The molecule has 1 heterocycles. The highest BCUT2D eigenvalue weighted by atomic mass is 35.5. The second kappa shape index (κ2) is 4.55. The van der Waals surface area contributed by atoms with Gasteiger partial charge in [-0.05, 0) is 25.0 Å². The van der Waals surface area contributed by atoms with Gasteiger partial charge in [0.15, 0.2) is 5.82 Å². The molecule has 1 aromatic carbocycles. The van der Waals surface area contributed by atoms with Gasteiger partial charge in [0.05, 0.1) is 17.6 Å². The van der Waals surface area contributed by atoms with Gasteiger partial charge >= 0.3 is 5.97 Å². The molecule has 0 amide bonds. The number of fused-ring (bicyclic) bond motifs is 1. The summed E-state index contributed by atoms with van der Waals surface area (Å²) >= 11 is 6.10. The second-order valence-electron chi connectivity index (χ2n) is 4.09. The van der Waals surface area contributed by atoms with E-state index in [1.807, 2.05) is 0 Å². The number of aromatic nitrogens is 2. The molecule has 0 fully saturated rings. The smallest absolute Gasteiger partial charge is 0.342 e. The number of nitrogens with two attached hydrogens (primary N) is 1. The topological polar surface area (TPSA) is 98.3 Å². The number of hydrogen-bond acceptors (Lipinski definition) is 6. The molecule has 2 aromatic rings. The maximum absolute atomic E-state index is 11.8. The Morgan fingerprint density at radius 2 is 1.95 bits per heavy atom.